The second kappa shape index (κ2) is 7.36. The van der Waals surface area contributed by atoms with Crippen molar-refractivity contribution in [3.63, 3.8) is 0 Å². The van der Waals surface area contributed by atoms with Gasteiger partial charge in [-0.2, -0.15) is 0 Å². The van der Waals surface area contributed by atoms with Gasteiger partial charge in [0.05, 0.1) is 6.61 Å². The summed E-state index contributed by atoms with van der Waals surface area (Å²) in [6, 6.07) is 7.89. The van der Waals surface area contributed by atoms with Crippen LogP contribution in [0.5, 0.6) is 0 Å². The molecule has 2 nitrogen and oxygen atoms in total. The average molecular weight is 237 g/mol. The lowest BCUT2D eigenvalue weighted by molar-refractivity contribution is 0.117. The normalized spacial score (nSPS) is 10.3. The van der Waals surface area contributed by atoms with Crippen molar-refractivity contribution in [2.24, 2.45) is 5.73 Å². The van der Waals surface area contributed by atoms with Crippen LogP contribution in [0.25, 0.3) is 0 Å². The summed E-state index contributed by atoms with van der Waals surface area (Å²) in [6.45, 7) is 3.65. The summed E-state index contributed by atoms with van der Waals surface area (Å²) in [7, 11) is 0. The zero-order valence-corrected chi connectivity index (χ0v) is 10.6. The van der Waals surface area contributed by atoms with E-state index in [4.69, 9.17) is 22.7 Å². The van der Waals surface area contributed by atoms with Gasteiger partial charge < -0.3 is 10.5 Å². The van der Waals surface area contributed by atoms with E-state index in [1.54, 1.807) is 0 Å². The predicted molar refractivity (Wildman–Crippen MR) is 71.5 cm³/mol. The summed E-state index contributed by atoms with van der Waals surface area (Å²) in [6.07, 6.45) is 3.58. The van der Waals surface area contributed by atoms with Crippen molar-refractivity contribution >= 4 is 17.2 Å². The highest BCUT2D eigenvalue weighted by Crippen LogP contribution is 2.07. The fraction of sp³-hybridized carbons (Fsp3) is 0.462. The lowest BCUT2D eigenvalue weighted by atomic mass is 10.1. The molecule has 0 unspecified atom stereocenters. The molecule has 0 aromatic heterocycles. The Morgan fingerprint density at radius 3 is 2.88 bits per heavy atom. The molecule has 0 saturated carbocycles. The summed E-state index contributed by atoms with van der Waals surface area (Å²) >= 11 is 4.93. The van der Waals surface area contributed by atoms with E-state index in [2.05, 4.69) is 6.92 Å². The molecule has 1 aromatic carbocycles. The number of rotatable bonds is 7. The Morgan fingerprint density at radius 1 is 1.38 bits per heavy atom. The molecule has 16 heavy (non-hydrogen) atoms. The lowest BCUT2D eigenvalue weighted by Crippen LogP contribution is -2.09. The minimum Gasteiger partial charge on any atom is -0.389 e. The molecule has 3 heteroatoms. The van der Waals surface area contributed by atoms with Crippen LogP contribution in [0, 0.1) is 0 Å². The van der Waals surface area contributed by atoms with E-state index >= 15 is 0 Å². The number of nitrogens with two attached hydrogens (primary N) is 1. The Bertz CT molecular complexity index is 338. The molecule has 0 saturated heterocycles. The third-order valence-corrected chi connectivity index (χ3v) is 2.61. The molecule has 0 aliphatic rings. The summed E-state index contributed by atoms with van der Waals surface area (Å²) in [5.74, 6) is 0. The fourth-order valence-corrected chi connectivity index (χ4v) is 1.59. The van der Waals surface area contributed by atoms with Crippen LogP contribution in [0.4, 0.5) is 0 Å². The number of benzene rings is 1. The molecule has 88 valence electrons. The van der Waals surface area contributed by atoms with Crippen molar-refractivity contribution in [1.82, 2.24) is 0 Å². The standard InChI is InChI=1S/C13H19NOS/c1-2-3-4-8-15-10-11-6-5-7-12(9-11)13(14)16/h5-7,9H,2-4,8,10H2,1H3,(H2,14,16). The summed E-state index contributed by atoms with van der Waals surface area (Å²) in [4.78, 5) is 0.438. The summed E-state index contributed by atoms with van der Waals surface area (Å²) in [5.41, 5.74) is 7.60. The van der Waals surface area contributed by atoms with Crippen molar-refractivity contribution in [3.8, 4) is 0 Å². The van der Waals surface area contributed by atoms with Gasteiger partial charge in [-0.05, 0) is 18.1 Å². The maximum atomic E-state index is 5.57. The van der Waals surface area contributed by atoms with E-state index in [1.165, 1.54) is 12.8 Å². The second-order valence-corrected chi connectivity index (χ2v) is 4.26. The largest absolute Gasteiger partial charge is 0.389 e. The van der Waals surface area contributed by atoms with E-state index in [0.717, 1.165) is 24.2 Å². The SMILES string of the molecule is CCCCCOCc1cccc(C(N)=S)c1. The van der Waals surface area contributed by atoms with E-state index in [-0.39, 0.29) is 0 Å². The Balaban J connectivity index is 2.36. The highest BCUT2D eigenvalue weighted by molar-refractivity contribution is 7.80. The Hall–Kier alpha value is -0.930. The third kappa shape index (κ3) is 4.73. The van der Waals surface area contributed by atoms with Crippen molar-refractivity contribution in [1.29, 1.82) is 0 Å². The number of ether oxygens (including phenoxy) is 1. The maximum Gasteiger partial charge on any atom is 0.103 e. The van der Waals surface area contributed by atoms with Crippen LogP contribution in [0.2, 0.25) is 0 Å². The predicted octanol–water partition coefficient (Wildman–Crippen LogP) is 3.03. The summed E-state index contributed by atoms with van der Waals surface area (Å²) < 4.78 is 5.57. The number of thiocarbonyl (C=S) groups is 1. The quantitative estimate of drug-likeness (QED) is 0.585. The topological polar surface area (TPSA) is 35.2 Å². The number of unbranched alkanes of at least 4 members (excludes halogenated alkanes) is 2. The van der Waals surface area contributed by atoms with Crippen LogP contribution in [0.1, 0.15) is 37.3 Å². The van der Waals surface area contributed by atoms with Crippen molar-refractivity contribution < 1.29 is 4.74 Å². The van der Waals surface area contributed by atoms with Gasteiger partial charge in [0, 0.05) is 12.2 Å². The van der Waals surface area contributed by atoms with Crippen LogP contribution in [-0.2, 0) is 11.3 Å². The van der Waals surface area contributed by atoms with Crippen molar-refractivity contribution in [2.75, 3.05) is 6.61 Å². The summed E-state index contributed by atoms with van der Waals surface area (Å²) in [5, 5.41) is 0. The van der Waals surface area contributed by atoms with Crippen LogP contribution in [-0.4, -0.2) is 11.6 Å². The van der Waals surface area contributed by atoms with Gasteiger partial charge in [0.2, 0.25) is 0 Å². The number of hydrogen-bond acceptors (Lipinski definition) is 2. The van der Waals surface area contributed by atoms with Crippen LogP contribution in [0.3, 0.4) is 0 Å². The fourth-order valence-electron chi connectivity index (χ4n) is 1.46. The highest BCUT2D eigenvalue weighted by Gasteiger charge is 1.98. The minimum atomic E-state index is 0.438. The van der Waals surface area contributed by atoms with Crippen molar-refractivity contribution in [3.05, 3.63) is 35.4 Å². The Labute approximate surface area is 103 Å². The zero-order valence-electron chi connectivity index (χ0n) is 9.74. The van der Waals surface area contributed by atoms with Crippen LogP contribution < -0.4 is 5.73 Å². The molecule has 0 amide bonds. The minimum absolute atomic E-state index is 0.438. The first kappa shape index (κ1) is 13.1. The maximum absolute atomic E-state index is 5.57. The molecule has 2 N–H and O–H groups in total. The van der Waals surface area contributed by atoms with E-state index in [1.807, 2.05) is 24.3 Å². The monoisotopic (exact) mass is 237 g/mol. The van der Waals surface area contributed by atoms with Gasteiger partial charge in [-0.1, -0.05) is 50.2 Å². The molecule has 0 atom stereocenters. The van der Waals surface area contributed by atoms with Crippen molar-refractivity contribution in [2.45, 2.75) is 32.8 Å². The van der Waals surface area contributed by atoms with Gasteiger partial charge in [0.1, 0.15) is 4.99 Å². The van der Waals surface area contributed by atoms with E-state index in [9.17, 15) is 0 Å². The molecule has 0 bridgehead atoms. The van der Waals surface area contributed by atoms with E-state index in [0.29, 0.717) is 11.6 Å². The third-order valence-electron chi connectivity index (χ3n) is 2.37. The van der Waals surface area contributed by atoms with Gasteiger partial charge in [-0.25, -0.2) is 0 Å². The smallest absolute Gasteiger partial charge is 0.103 e. The molecule has 0 aliphatic carbocycles. The highest BCUT2D eigenvalue weighted by atomic mass is 32.1. The first-order valence-corrected chi connectivity index (χ1v) is 6.11. The van der Waals surface area contributed by atoms with Gasteiger partial charge in [0.25, 0.3) is 0 Å². The Kier molecular flexibility index (Phi) is 6.04. The molecule has 0 fully saturated rings. The molecular formula is C13H19NOS. The van der Waals surface area contributed by atoms with Gasteiger partial charge >= 0.3 is 0 Å². The molecule has 0 heterocycles. The molecule has 1 rings (SSSR count). The lowest BCUT2D eigenvalue weighted by Gasteiger charge is -2.05. The Morgan fingerprint density at radius 2 is 2.19 bits per heavy atom. The molecule has 0 radical (unpaired) electrons. The molecule has 0 spiro atoms. The molecule has 0 aliphatic heterocycles. The zero-order chi connectivity index (χ0) is 11.8. The molecule has 1 aromatic rings. The van der Waals surface area contributed by atoms with Gasteiger partial charge in [-0.3, -0.25) is 0 Å². The first-order valence-electron chi connectivity index (χ1n) is 5.70. The van der Waals surface area contributed by atoms with Crippen LogP contribution >= 0.6 is 12.2 Å². The molecular weight excluding hydrogens is 218 g/mol. The van der Waals surface area contributed by atoms with Gasteiger partial charge in [0.15, 0.2) is 0 Å². The van der Waals surface area contributed by atoms with Gasteiger partial charge in [-0.15, -0.1) is 0 Å². The first-order chi connectivity index (χ1) is 7.74. The van der Waals surface area contributed by atoms with Crippen LogP contribution in [0.15, 0.2) is 24.3 Å². The number of hydrogen-bond donors (Lipinski definition) is 1. The second-order valence-electron chi connectivity index (χ2n) is 3.82. The van der Waals surface area contributed by atoms with E-state index < -0.39 is 0 Å². The average Bonchev–Trinajstić information content (AvgIpc) is 2.29.